The number of hydrazone groups is 1. The monoisotopic (exact) mass is 329 g/mol. The zero-order valence-corrected chi connectivity index (χ0v) is 13.2. The van der Waals surface area contributed by atoms with Gasteiger partial charge in [0.25, 0.3) is 0 Å². The van der Waals surface area contributed by atoms with Gasteiger partial charge in [-0.2, -0.15) is 5.10 Å². The fourth-order valence-electron chi connectivity index (χ4n) is 2.07. The fourth-order valence-corrected chi connectivity index (χ4v) is 2.24. The van der Waals surface area contributed by atoms with Crippen molar-refractivity contribution in [1.29, 1.82) is 0 Å². The molecule has 7 heteroatoms. The molecule has 0 atom stereocenters. The van der Waals surface area contributed by atoms with Crippen LogP contribution in [-0.2, 0) is 0 Å². The minimum Gasteiger partial charge on any atom is -0.496 e. The summed E-state index contributed by atoms with van der Waals surface area (Å²) in [7, 11) is 1.62. The van der Waals surface area contributed by atoms with E-state index in [2.05, 4.69) is 15.8 Å². The lowest BCUT2D eigenvalue weighted by Crippen LogP contribution is -2.23. The molecule has 0 amide bonds. The van der Waals surface area contributed by atoms with Crippen molar-refractivity contribution in [3.63, 3.8) is 0 Å². The molecule has 0 bridgehead atoms. The molecule has 0 fully saturated rings. The second-order valence-electron chi connectivity index (χ2n) is 4.63. The van der Waals surface area contributed by atoms with Crippen LogP contribution in [-0.4, -0.2) is 25.2 Å². The van der Waals surface area contributed by atoms with Crippen molar-refractivity contribution in [2.24, 2.45) is 5.10 Å². The largest absolute Gasteiger partial charge is 0.496 e. The van der Waals surface area contributed by atoms with Gasteiger partial charge in [0.05, 0.1) is 13.3 Å². The molecule has 0 spiro atoms. The molecule has 3 rings (SSSR count). The SMILES string of the molecule is COc1ccccc1C=NNC(=S)Nc1ccc2c(c1)OCO2. The van der Waals surface area contributed by atoms with Crippen molar-refractivity contribution in [2.75, 3.05) is 19.2 Å². The van der Waals surface area contributed by atoms with Crippen molar-refractivity contribution < 1.29 is 14.2 Å². The Bertz CT molecular complexity index is 749. The minimum atomic E-state index is 0.241. The maximum atomic E-state index is 5.32. The van der Waals surface area contributed by atoms with Crippen LogP contribution in [0.25, 0.3) is 0 Å². The summed E-state index contributed by atoms with van der Waals surface area (Å²) in [6.07, 6.45) is 1.65. The van der Waals surface area contributed by atoms with E-state index in [0.29, 0.717) is 10.9 Å². The topological polar surface area (TPSA) is 64.1 Å². The van der Waals surface area contributed by atoms with Crippen LogP contribution < -0.4 is 25.0 Å². The highest BCUT2D eigenvalue weighted by molar-refractivity contribution is 7.80. The number of nitrogens with zero attached hydrogens (tertiary/aromatic N) is 1. The van der Waals surface area contributed by atoms with E-state index in [4.69, 9.17) is 26.4 Å². The molecule has 0 aliphatic carbocycles. The lowest BCUT2D eigenvalue weighted by molar-refractivity contribution is 0.174. The summed E-state index contributed by atoms with van der Waals surface area (Å²) in [5.41, 5.74) is 4.41. The first-order valence-corrected chi connectivity index (χ1v) is 7.30. The summed E-state index contributed by atoms with van der Waals surface area (Å²) in [6, 6.07) is 13.1. The van der Waals surface area contributed by atoms with E-state index < -0.39 is 0 Å². The molecular weight excluding hydrogens is 314 g/mol. The second-order valence-corrected chi connectivity index (χ2v) is 5.04. The van der Waals surface area contributed by atoms with E-state index in [1.165, 1.54) is 0 Å². The average Bonchev–Trinajstić information content (AvgIpc) is 3.03. The van der Waals surface area contributed by atoms with Crippen LogP contribution >= 0.6 is 12.2 Å². The molecule has 0 aromatic heterocycles. The molecule has 1 heterocycles. The predicted molar refractivity (Wildman–Crippen MR) is 92.5 cm³/mol. The number of ether oxygens (including phenoxy) is 3. The lowest BCUT2D eigenvalue weighted by Gasteiger charge is -2.08. The van der Waals surface area contributed by atoms with Gasteiger partial charge in [-0.05, 0) is 36.5 Å². The highest BCUT2D eigenvalue weighted by Crippen LogP contribution is 2.34. The molecule has 2 aromatic carbocycles. The number of benzene rings is 2. The Hall–Kier alpha value is -2.80. The maximum absolute atomic E-state index is 5.32. The second kappa shape index (κ2) is 6.97. The van der Waals surface area contributed by atoms with Crippen molar-refractivity contribution in [3.8, 4) is 17.2 Å². The van der Waals surface area contributed by atoms with Crippen LogP contribution in [0.4, 0.5) is 5.69 Å². The van der Waals surface area contributed by atoms with Crippen LogP contribution in [0.3, 0.4) is 0 Å². The molecule has 2 aromatic rings. The van der Waals surface area contributed by atoms with Crippen molar-refractivity contribution in [3.05, 3.63) is 48.0 Å². The molecule has 118 valence electrons. The zero-order chi connectivity index (χ0) is 16.1. The minimum absolute atomic E-state index is 0.241. The van der Waals surface area contributed by atoms with Crippen molar-refractivity contribution in [1.82, 2.24) is 5.43 Å². The standard InChI is InChI=1S/C16H15N3O3S/c1-20-13-5-3-2-4-11(13)9-17-19-16(23)18-12-6-7-14-15(8-12)22-10-21-14/h2-9H,10H2,1H3,(H2,18,19,23). The van der Waals surface area contributed by atoms with Gasteiger partial charge in [0.2, 0.25) is 6.79 Å². The molecule has 1 aliphatic rings. The predicted octanol–water partition coefficient (Wildman–Crippen LogP) is 2.74. The molecule has 0 saturated heterocycles. The van der Waals surface area contributed by atoms with Gasteiger partial charge >= 0.3 is 0 Å². The Morgan fingerprint density at radius 1 is 1.22 bits per heavy atom. The first-order valence-electron chi connectivity index (χ1n) is 6.89. The average molecular weight is 329 g/mol. The summed E-state index contributed by atoms with van der Waals surface area (Å²) in [4.78, 5) is 0. The zero-order valence-electron chi connectivity index (χ0n) is 12.4. The van der Waals surface area contributed by atoms with E-state index in [1.54, 1.807) is 13.3 Å². The Morgan fingerprint density at radius 3 is 2.91 bits per heavy atom. The number of hydrogen-bond acceptors (Lipinski definition) is 5. The molecule has 0 unspecified atom stereocenters. The quantitative estimate of drug-likeness (QED) is 0.511. The van der Waals surface area contributed by atoms with Crippen LogP contribution in [0.2, 0.25) is 0 Å². The summed E-state index contributed by atoms with van der Waals surface area (Å²) in [6.45, 7) is 0.241. The lowest BCUT2D eigenvalue weighted by atomic mass is 10.2. The number of para-hydroxylation sites is 1. The Kier molecular flexibility index (Phi) is 4.58. The van der Waals surface area contributed by atoms with Crippen LogP contribution in [0.5, 0.6) is 17.2 Å². The summed E-state index contributed by atoms with van der Waals surface area (Å²) in [5.74, 6) is 2.16. The maximum Gasteiger partial charge on any atom is 0.231 e. The van der Waals surface area contributed by atoms with Gasteiger partial charge < -0.3 is 19.5 Å². The van der Waals surface area contributed by atoms with E-state index >= 15 is 0 Å². The third-order valence-electron chi connectivity index (χ3n) is 3.14. The fraction of sp³-hybridized carbons (Fsp3) is 0.125. The Labute approximate surface area is 139 Å². The number of anilines is 1. The van der Waals surface area contributed by atoms with E-state index in [9.17, 15) is 0 Å². The molecule has 23 heavy (non-hydrogen) atoms. The molecule has 1 aliphatic heterocycles. The van der Waals surface area contributed by atoms with Gasteiger partial charge in [0, 0.05) is 17.3 Å². The molecular formula is C16H15N3O3S. The van der Waals surface area contributed by atoms with Crippen LogP contribution in [0.15, 0.2) is 47.6 Å². The van der Waals surface area contributed by atoms with E-state index in [0.717, 1.165) is 22.7 Å². The Morgan fingerprint density at radius 2 is 2.04 bits per heavy atom. The third kappa shape index (κ3) is 3.70. The number of rotatable bonds is 4. The summed E-state index contributed by atoms with van der Waals surface area (Å²) >= 11 is 5.20. The van der Waals surface area contributed by atoms with Crippen LogP contribution in [0.1, 0.15) is 5.56 Å². The summed E-state index contributed by atoms with van der Waals surface area (Å²) < 4.78 is 15.8. The van der Waals surface area contributed by atoms with Crippen molar-refractivity contribution in [2.45, 2.75) is 0 Å². The summed E-state index contributed by atoms with van der Waals surface area (Å²) in [5, 5.41) is 7.50. The number of fused-ring (bicyclic) bond motifs is 1. The molecule has 6 nitrogen and oxygen atoms in total. The van der Waals surface area contributed by atoms with Gasteiger partial charge in [-0.1, -0.05) is 12.1 Å². The van der Waals surface area contributed by atoms with Gasteiger partial charge in [0.15, 0.2) is 16.6 Å². The van der Waals surface area contributed by atoms with Gasteiger partial charge in [0.1, 0.15) is 5.75 Å². The highest BCUT2D eigenvalue weighted by atomic mass is 32.1. The number of thiocarbonyl (C=S) groups is 1. The third-order valence-corrected chi connectivity index (χ3v) is 3.33. The Balaban J connectivity index is 1.58. The van der Waals surface area contributed by atoms with Gasteiger partial charge in [-0.25, -0.2) is 0 Å². The molecule has 0 saturated carbocycles. The first kappa shape index (κ1) is 15.1. The highest BCUT2D eigenvalue weighted by Gasteiger charge is 2.13. The smallest absolute Gasteiger partial charge is 0.231 e. The van der Waals surface area contributed by atoms with Gasteiger partial charge in [-0.15, -0.1) is 0 Å². The van der Waals surface area contributed by atoms with Gasteiger partial charge in [-0.3, -0.25) is 5.43 Å². The van der Waals surface area contributed by atoms with E-state index in [1.807, 2.05) is 42.5 Å². The first-order chi connectivity index (χ1) is 11.3. The number of hydrogen-bond donors (Lipinski definition) is 2. The van der Waals surface area contributed by atoms with E-state index in [-0.39, 0.29) is 6.79 Å². The molecule has 2 N–H and O–H groups in total. The normalized spacial score (nSPS) is 12.2. The van der Waals surface area contributed by atoms with Crippen molar-refractivity contribution >= 4 is 29.2 Å². The number of nitrogens with one attached hydrogen (secondary N) is 2. The molecule has 0 radical (unpaired) electrons. The number of methoxy groups -OCH3 is 1. The van der Waals surface area contributed by atoms with Crippen LogP contribution in [0, 0.1) is 0 Å².